The van der Waals surface area contributed by atoms with Gasteiger partial charge >= 0.3 is 11.6 Å². The van der Waals surface area contributed by atoms with Gasteiger partial charge < -0.3 is 14.6 Å². The van der Waals surface area contributed by atoms with E-state index >= 15 is 0 Å². The number of rotatable bonds is 3. The van der Waals surface area contributed by atoms with Crippen LogP contribution < -0.4 is 5.63 Å². The highest BCUT2D eigenvalue weighted by Gasteiger charge is 2.09. The van der Waals surface area contributed by atoms with Crippen molar-refractivity contribution < 1.29 is 19.4 Å². The first-order chi connectivity index (χ1) is 8.08. The van der Waals surface area contributed by atoms with Gasteiger partial charge in [0.25, 0.3) is 0 Å². The topological polar surface area (TPSA) is 87.7 Å². The van der Waals surface area contributed by atoms with Gasteiger partial charge in [-0.3, -0.25) is 4.79 Å². The van der Waals surface area contributed by atoms with Crippen LogP contribution in [0.4, 0.5) is 0 Å². The lowest BCUT2D eigenvalue weighted by molar-refractivity contribution is -0.136. The molecule has 5 nitrogen and oxygen atoms in total. The van der Waals surface area contributed by atoms with E-state index in [9.17, 15) is 14.7 Å². The maximum atomic E-state index is 11.3. The highest BCUT2D eigenvalue weighted by molar-refractivity contribution is 5.85. The Labute approximate surface area is 95.9 Å². The number of carbonyl (C=O) groups is 1. The van der Waals surface area contributed by atoms with Crippen molar-refractivity contribution in [3.05, 3.63) is 40.2 Å². The summed E-state index contributed by atoms with van der Waals surface area (Å²) < 4.78 is 4.89. The molecule has 0 bridgehead atoms. The number of phenolic OH excluding ortho intramolecular Hbond substituents is 1. The van der Waals surface area contributed by atoms with Gasteiger partial charge in [-0.05, 0) is 18.1 Å². The first kappa shape index (κ1) is 11.2. The maximum Gasteiger partial charge on any atom is 0.336 e. The third kappa shape index (κ3) is 2.28. The summed E-state index contributed by atoms with van der Waals surface area (Å²) in [7, 11) is 0. The van der Waals surface area contributed by atoms with Gasteiger partial charge in [0.05, 0.1) is 0 Å². The van der Waals surface area contributed by atoms with Crippen molar-refractivity contribution in [1.82, 2.24) is 0 Å². The third-order valence-corrected chi connectivity index (χ3v) is 2.44. The first-order valence-corrected chi connectivity index (χ1v) is 5.04. The molecule has 17 heavy (non-hydrogen) atoms. The summed E-state index contributed by atoms with van der Waals surface area (Å²) in [4.78, 5) is 21.8. The average molecular weight is 234 g/mol. The van der Waals surface area contributed by atoms with Gasteiger partial charge in [-0.1, -0.05) is 12.1 Å². The molecular weight excluding hydrogens is 224 g/mol. The summed E-state index contributed by atoms with van der Waals surface area (Å²) in [5, 5.41) is 18.7. The van der Waals surface area contributed by atoms with Crippen molar-refractivity contribution in [2.75, 3.05) is 0 Å². The number of carboxylic acids is 1. The first-order valence-electron chi connectivity index (χ1n) is 5.04. The van der Waals surface area contributed by atoms with Crippen LogP contribution in [0.15, 0.2) is 33.5 Å². The third-order valence-electron chi connectivity index (χ3n) is 2.44. The molecule has 2 rings (SSSR count). The van der Waals surface area contributed by atoms with E-state index in [1.54, 1.807) is 12.1 Å². The molecular formula is C12H10O5. The molecule has 0 atom stereocenters. The molecule has 0 fully saturated rings. The van der Waals surface area contributed by atoms with Gasteiger partial charge in [0.1, 0.15) is 0 Å². The number of hydrogen-bond acceptors (Lipinski definition) is 4. The van der Waals surface area contributed by atoms with Crippen molar-refractivity contribution in [2.24, 2.45) is 0 Å². The van der Waals surface area contributed by atoms with Gasteiger partial charge in [0.15, 0.2) is 11.3 Å². The summed E-state index contributed by atoms with van der Waals surface area (Å²) >= 11 is 0. The Hall–Kier alpha value is -2.30. The van der Waals surface area contributed by atoms with E-state index in [-0.39, 0.29) is 24.2 Å². The number of aliphatic carboxylic acids is 1. The molecule has 0 aliphatic carbocycles. The van der Waals surface area contributed by atoms with Crippen LogP contribution in [0.3, 0.4) is 0 Å². The molecule has 1 aromatic heterocycles. The van der Waals surface area contributed by atoms with Crippen LogP contribution in [0.2, 0.25) is 0 Å². The minimum absolute atomic E-state index is 0.0752. The van der Waals surface area contributed by atoms with Crippen molar-refractivity contribution in [1.29, 1.82) is 0 Å². The quantitative estimate of drug-likeness (QED) is 0.786. The maximum absolute atomic E-state index is 11.3. The van der Waals surface area contributed by atoms with E-state index < -0.39 is 11.6 Å². The molecule has 0 amide bonds. The molecule has 0 radical (unpaired) electrons. The number of carboxylic acid groups (broad SMARTS) is 1. The zero-order valence-corrected chi connectivity index (χ0v) is 8.84. The molecule has 0 saturated carbocycles. The number of aryl methyl sites for hydroxylation is 1. The molecule has 0 aliphatic rings. The van der Waals surface area contributed by atoms with Crippen LogP contribution in [0.25, 0.3) is 11.0 Å². The number of benzene rings is 1. The fraction of sp³-hybridized carbons (Fsp3) is 0.167. The number of phenols is 1. The fourth-order valence-electron chi connectivity index (χ4n) is 1.68. The predicted molar refractivity (Wildman–Crippen MR) is 60.1 cm³/mol. The Morgan fingerprint density at radius 2 is 2.12 bits per heavy atom. The molecule has 0 saturated heterocycles. The molecule has 0 aliphatic heterocycles. The second-order valence-electron chi connectivity index (χ2n) is 3.64. The van der Waals surface area contributed by atoms with Gasteiger partial charge in [-0.2, -0.15) is 0 Å². The summed E-state index contributed by atoms with van der Waals surface area (Å²) in [5.74, 6) is -1.07. The molecule has 1 heterocycles. The molecule has 88 valence electrons. The lowest BCUT2D eigenvalue weighted by Gasteiger charge is -2.04. The standard InChI is InChI=1S/C12H10O5/c13-9-3-1-2-8-7(4-5-10(14)15)6-11(16)17-12(8)9/h1-3,6,13H,4-5H2,(H,14,15). The molecule has 2 N–H and O–H groups in total. The van der Waals surface area contributed by atoms with E-state index in [4.69, 9.17) is 9.52 Å². The highest BCUT2D eigenvalue weighted by Crippen LogP contribution is 2.25. The highest BCUT2D eigenvalue weighted by atomic mass is 16.4. The Balaban J connectivity index is 2.58. The summed E-state index contributed by atoms with van der Waals surface area (Å²) in [5.41, 5.74) is 0.0642. The van der Waals surface area contributed by atoms with Gasteiger partial charge in [0.2, 0.25) is 0 Å². The van der Waals surface area contributed by atoms with E-state index in [0.29, 0.717) is 10.9 Å². The SMILES string of the molecule is O=C(O)CCc1cc(=O)oc2c(O)cccc12. The van der Waals surface area contributed by atoms with E-state index in [2.05, 4.69) is 0 Å². The number of para-hydroxylation sites is 1. The van der Waals surface area contributed by atoms with Crippen LogP contribution in [-0.2, 0) is 11.2 Å². The largest absolute Gasteiger partial charge is 0.504 e. The van der Waals surface area contributed by atoms with Gasteiger partial charge in [-0.25, -0.2) is 4.79 Å². The zero-order chi connectivity index (χ0) is 12.4. The lowest BCUT2D eigenvalue weighted by Crippen LogP contribution is -2.03. The van der Waals surface area contributed by atoms with Crippen LogP contribution in [0.5, 0.6) is 5.75 Å². The van der Waals surface area contributed by atoms with E-state index in [1.807, 2.05) is 0 Å². The van der Waals surface area contributed by atoms with Crippen molar-refractivity contribution in [3.8, 4) is 5.75 Å². The number of hydrogen-bond donors (Lipinski definition) is 2. The summed E-state index contributed by atoms with van der Waals surface area (Å²) in [6.45, 7) is 0. The van der Waals surface area contributed by atoms with Gasteiger partial charge in [-0.15, -0.1) is 0 Å². The Bertz CT molecular complexity index is 626. The van der Waals surface area contributed by atoms with Crippen molar-refractivity contribution in [2.45, 2.75) is 12.8 Å². The smallest absolute Gasteiger partial charge is 0.336 e. The molecule has 0 unspecified atom stereocenters. The lowest BCUT2D eigenvalue weighted by atomic mass is 10.1. The van der Waals surface area contributed by atoms with E-state index in [1.165, 1.54) is 12.1 Å². The number of fused-ring (bicyclic) bond motifs is 1. The minimum Gasteiger partial charge on any atom is -0.504 e. The molecule has 1 aromatic carbocycles. The van der Waals surface area contributed by atoms with Crippen LogP contribution in [-0.4, -0.2) is 16.2 Å². The Morgan fingerprint density at radius 3 is 2.82 bits per heavy atom. The molecule has 0 spiro atoms. The average Bonchev–Trinajstić information content (AvgIpc) is 2.27. The van der Waals surface area contributed by atoms with Gasteiger partial charge in [0, 0.05) is 17.9 Å². The minimum atomic E-state index is -0.938. The fourth-order valence-corrected chi connectivity index (χ4v) is 1.68. The van der Waals surface area contributed by atoms with Crippen LogP contribution in [0.1, 0.15) is 12.0 Å². The second kappa shape index (κ2) is 4.29. The Kier molecular flexibility index (Phi) is 2.82. The molecule has 2 aromatic rings. The van der Waals surface area contributed by atoms with Crippen LogP contribution >= 0.6 is 0 Å². The molecule has 5 heteroatoms. The summed E-state index contributed by atoms with van der Waals surface area (Å²) in [6, 6.07) is 5.95. The second-order valence-corrected chi connectivity index (χ2v) is 3.64. The normalized spacial score (nSPS) is 10.6. The van der Waals surface area contributed by atoms with Crippen molar-refractivity contribution >= 4 is 16.9 Å². The van der Waals surface area contributed by atoms with Crippen molar-refractivity contribution in [3.63, 3.8) is 0 Å². The van der Waals surface area contributed by atoms with E-state index in [0.717, 1.165) is 0 Å². The zero-order valence-electron chi connectivity index (χ0n) is 8.84. The van der Waals surface area contributed by atoms with Crippen LogP contribution in [0, 0.1) is 0 Å². The predicted octanol–water partition coefficient (Wildman–Crippen LogP) is 1.52. The number of aromatic hydroxyl groups is 1. The summed E-state index contributed by atoms with van der Waals surface area (Å²) in [6.07, 6.45) is 0.148. The monoisotopic (exact) mass is 234 g/mol. The Morgan fingerprint density at radius 1 is 1.35 bits per heavy atom.